The van der Waals surface area contributed by atoms with Gasteiger partial charge in [0.15, 0.2) is 0 Å². The molecule has 0 aromatic heterocycles. The normalized spacial score (nSPS) is 21.2. The number of nitrogens with zero attached hydrogens (tertiary/aromatic N) is 2. The van der Waals surface area contributed by atoms with Gasteiger partial charge in [0, 0.05) is 44.8 Å². The lowest BCUT2D eigenvalue weighted by Gasteiger charge is -2.31. The quantitative estimate of drug-likeness (QED) is 0.412. The van der Waals surface area contributed by atoms with Crippen molar-refractivity contribution < 1.29 is 19.4 Å². The molecular formula is C25H29N3O4. The minimum absolute atomic E-state index is 0.129. The van der Waals surface area contributed by atoms with E-state index in [9.17, 15) is 14.7 Å². The Hall–Kier alpha value is -3.16. The summed E-state index contributed by atoms with van der Waals surface area (Å²) in [6, 6.07) is 13.9. The van der Waals surface area contributed by atoms with E-state index >= 15 is 0 Å². The van der Waals surface area contributed by atoms with E-state index in [-0.39, 0.29) is 11.3 Å². The van der Waals surface area contributed by atoms with Crippen LogP contribution in [0.1, 0.15) is 22.7 Å². The summed E-state index contributed by atoms with van der Waals surface area (Å²) in [4.78, 5) is 30.0. The van der Waals surface area contributed by atoms with Crippen molar-refractivity contribution in [1.82, 2.24) is 15.1 Å². The maximum absolute atomic E-state index is 13.1. The van der Waals surface area contributed by atoms with Gasteiger partial charge >= 0.3 is 0 Å². The van der Waals surface area contributed by atoms with Crippen molar-refractivity contribution in [2.45, 2.75) is 13.0 Å². The van der Waals surface area contributed by atoms with E-state index in [1.807, 2.05) is 31.2 Å². The number of aliphatic hydroxyl groups is 1. The molecule has 2 aliphatic heterocycles. The number of hydrogen-bond acceptors (Lipinski definition) is 6. The lowest BCUT2D eigenvalue weighted by atomic mass is 9.94. The molecule has 2 aromatic carbocycles. The highest BCUT2D eigenvalue weighted by atomic mass is 16.5. The third-order valence-electron chi connectivity index (χ3n) is 6.16. The molecule has 2 aromatic rings. The molecule has 168 valence electrons. The predicted molar refractivity (Wildman–Crippen MR) is 122 cm³/mol. The number of rotatable bonds is 6. The molecule has 0 saturated carbocycles. The van der Waals surface area contributed by atoms with Crippen LogP contribution < -0.4 is 10.1 Å². The largest absolute Gasteiger partial charge is 0.507 e. The van der Waals surface area contributed by atoms with Gasteiger partial charge in [-0.05, 0) is 36.8 Å². The third kappa shape index (κ3) is 4.40. The van der Waals surface area contributed by atoms with Gasteiger partial charge in [-0.2, -0.15) is 0 Å². The molecule has 0 radical (unpaired) electrons. The minimum Gasteiger partial charge on any atom is -0.507 e. The number of likely N-dealkylation sites (tertiary alicyclic amines) is 1. The molecule has 7 heteroatoms. The maximum Gasteiger partial charge on any atom is 0.295 e. The van der Waals surface area contributed by atoms with Gasteiger partial charge < -0.3 is 20.1 Å². The van der Waals surface area contributed by atoms with Crippen molar-refractivity contribution in [3.63, 3.8) is 0 Å². The molecule has 2 fully saturated rings. The second kappa shape index (κ2) is 9.54. The second-order valence-corrected chi connectivity index (χ2v) is 8.22. The van der Waals surface area contributed by atoms with E-state index in [4.69, 9.17) is 4.74 Å². The van der Waals surface area contributed by atoms with Crippen LogP contribution in [0.25, 0.3) is 5.76 Å². The van der Waals surface area contributed by atoms with Crippen LogP contribution >= 0.6 is 0 Å². The number of ether oxygens (including phenoxy) is 1. The molecule has 7 nitrogen and oxygen atoms in total. The van der Waals surface area contributed by atoms with E-state index in [0.29, 0.717) is 24.4 Å². The van der Waals surface area contributed by atoms with Crippen LogP contribution in [0.15, 0.2) is 54.1 Å². The summed E-state index contributed by atoms with van der Waals surface area (Å²) in [6.07, 6.45) is 0. The van der Waals surface area contributed by atoms with Crippen LogP contribution in [-0.2, 0) is 9.59 Å². The van der Waals surface area contributed by atoms with E-state index < -0.39 is 17.7 Å². The Kier molecular flexibility index (Phi) is 6.58. The highest BCUT2D eigenvalue weighted by Crippen LogP contribution is 2.39. The average Bonchev–Trinajstić information content (AvgIpc) is 3.08. The number of carbonyl (C=O) groups excluding carboxylic acids is 2. The molecular weight excluding hydrogens is 406 g/mol. The van der Waals surface area contributed by atoms with E-state index in [0.717, 1.165) is 37.3 Å². The van der Waals surface area contributed by atoms with Gasteiger partial charge in [0.25, 0.3) is 11.7 Å². The molecule has 0 aliphatic carbocycles. The molecule has 4 rings (SSSR count). The van der Waals surface area contributed by atoms with Gasteiger partial charge in [0.05, 0.1) is 18.7 Å². The fourth-order valence-electron chi connectivity index (χ4n) is 4.29. The van der Waals surface area contributed by atoms with Crippen LogP contribution in [0.2, 0.25) is 0 Å². The van der Waals surface area contributed by atoms with Gasteiger partial charge in [0.1, 0.15) is 11.5 Å². The summed E-state index contributed by atoms with van der Waals surface area (Å²) in [5.41, 5.74) is 2.50. The zero-order valence-corrected chi connectivity index (χ0v) is 18.5. The summed E-state index contributed by atoms with van der Waals surface area (Å²) < 4.78 is 5.18. The number of piperazine rings is 1. The molecule has 2 heterocycles. The molecule has 2 aliphatic rings. The zero-order chi connectivity index (χ0) is 22.7. The summed E-state index contributed by atoms with van der Waals surface area (Å²) >= 11 is 0. The van der Waals surface area contributed by atoms with Crippen LogP contribution in [0.3, 0.4) is 0 Å². The van der Waals surface area contributed by atoms with Crippen LogP contribution in [-0.4, -0.2) is 73.0 Å². The van der Waals surface area contributed by atoms with Gasteiger partial charge in [-0.25, -0.2) is 0 Å². The topological polar surface area (TPSA) is 82.1 Å². The van der Waals surface area contributed by atoms with E-state index in [1.54, 1.807) is 36.3 Å². The highest BCUT2D eigenvalue weighted by molar-refractivity contribution is 6.46. The Morgan fingerprint density at radius 2 is 1.69 bits per heavy atom. The number of carbonyl (C=O) groups is 2. The van der Waals surface area contributed by atoms with Gasteiger partial charge in [-0.3, -0.25) is 14.5 Å². The summed E-state index contributed by atoms with van der Waals surface area (Å²) in [5.74, 6) is -0.737. The second-order valence-electron chi connectivity index (χ2n) is 8.22. The van der Waals surface area contributed by atoms with Crippen molar-refractivity contribution in [1.29, 1.82) is 0 Å². The van der Waals surface area contributed by atoms with Crippen molar-refractivity contribution in [3.8, 4) is 5.75 Å². The summed E-state index contributed by atoms with van der Waals surface area (Å²) in [6.45, 7) is 6.73. The fourth-order valence-corrected chi connectivity index (χ4v) is 4.29. The highest BCUT2D eigenvalue weighted by Gasteiger charge is 2.46. The number of methoxy groups -OCH3 is 1. The van der Waals surface area contributed by atoms with Crippen LogP contribution in [0, 0.1) is 6.92 Å². The number of aliphatic hydroxyl groups excluding tert-OH is 1. The number of hydrogen-bond donors (Lipinski definition) is 2. The Balaban J connectivity index is 1.71. The van der Waals surface area contributed by atoms with Crippen molar-refractivity contribution in [2.24, 2.45) is 0 Å². The smallest absolute Gasteiger partial charge is 0.295 e. The van der Waals surface area contributed by atoms with Crippen LogP contribution in [0.5, 0.6) is 5.75 Å². The SMILES string of the molecule is COc1ccc(/C(O)=C2\C(=O)C(=O)N(CCN3CCNCC3)C2c2ccc(C)cc2)cc1. The number of ketones is 1. The first-order valence-corrected chi connectivity index (χ1v) is 10.9. The first kappa shape index (κ1) is 22.0. The number of Topliss-reactive ketones (excluding diaryl/α,β-unsaturated/α-hetero) is 1. The molecule has 32 heavy (non-hydrogen) atoms. The number of amides is 1. The molecule has 1 amide bonds. The lowest BCUT2D eigenvalue weighted by Crippen LogP contribution is -2.46. The monoisotopic (exact) mass is 435 g/mol. The Morgan fingerprint density at radius 1 is 1.03 bits per heavy atom. The number of aryl methyl sites for hydroxylation is 1. The average molecular weight is 436 g/mol. The summed E-state index contributed by atoms with van der Waals surface area (Å²) in [5, 5.41) is 14.4. The Bertz CT molecular complexity index is 1010. The number of benzene rings is 2. The molecule has 0 spiro atoms. The van der Waals surface area contributed by atoms with E-state index in [2.05, 4.69) is 10.2 Å². The molecule has 1 atom stereocenters. The molecule has 0 bridgehead atoms. The third-order valence-corrected chi connectivity index (χ3v) is 6.16. The molecule has 2 saturated heterocycles. The van der Waals surface area contributed by atoms with Crippen molar-refractivity contribution in [3.05, 3.63) is 70.8 Å². The maximum atomic E-state index is 13.1. The standard InChI is InChI=1S/C25H29N3O4/c1-17-3-5-18(6-4-17)22-21(23(29)19-7-9-20(32-2)10-8-19)24(30)25(31)28(22)16-15-27-13-11-26-12-14-27/h3-10,22,26,29H,11-16H2,1-2H3/b23-21+. The van der Waals surface area contributed by atoms with Gasteiger partial charge in [-0.1, -0.05) is 29.8 Å². The van der Waals surface area contributed by atoms with E-state index in [1.165, 1.54) is 0 Å². The van der Waals surface area contributed by atoms with Gasteiger partial charge in [0.2, 0.25) is 0 Å². The lowest BCUT2D eigenvalue weighted by molar-refractivity contribution is -0.140. The minimum atomic E-state index is -0.649. The molecule has 1 unspecified atom stereocenters. The van der Waals surface area contributed by atoms with Crippen LogP contribution in [0.4, 0.5) is 0 Å². The Morgan fingerprint density at radius 3 is 2.31 bits per heavy atom. The first-order chi connectivity index (χ1) is 15.5. The fraction of sp³-hybridized carbons (Fsp3) is 0.360. The van der Waals surface area contributed by atoms with Crippen molar-refractivity contribution >= 4 is 17.4 Å². The summed E-state index contributed by atoms with van der Waals surface area (Å²) in [7, 11) is 1.57. The van der Waals surface area contributed by atoms with Crippen molar-refractivity contribution in [2.75, 3.05) is 46.4 Å². The zero-order valence-electron chi connectivity index (χ0n) is 18.5. The van der Waals surface area contributed by atoms with Gasteiger partial charge in [-0.15, -0.1) is 0 Å². The number of nitrogens with one attached hydrogen (secondary N) is 1. The predicted octanol–water partition coefficient (Wildman–Crippen LogP) is 2.33. The molecule has 2 N–H and O–H groups in total. The Labute approximate surface area is 188 Å². The first-order valence-electron chi connectivity index (χ1n) is 10.9.